The molecule has 37 heavy (non-hydrogen) atoms. The highest BCUT2D eigenvalue weighted by molar-refractivity contribution is 7.52. The number of esters is 1. The van der Waals surface area contributed by atoms with Crippen LogP contribution in [-0.4, -0.2) is 67.8 Å². The molecule has 0 spiro atoms. The normalized spacial score (nSPS) is 26.0. The molecule has 0 saturated carbocycles. The molecule has 0 radical (unpaired) electrons. The van der Waals surface area contributed by atoms with E-state index in [4.69, 9.17) is 24.3 Å². The van der Waals surface area contributed by atoms with E-state index in [0.29, 0.717) is 11.2 Å². The van der Waals surface area contributed by atoms with Gasteiger partial charge >= 0.3 is 13.7 Å². The van der Waals surface area contributed by atoms with Gasteiger partial charge < -0.3 is 29.9 Å². The number of aliphatic hydroxyl groups excluding tert-OH is 2. The molecule has 1 saturated heterocycles. The van der Waals surface area contributed by atoms with Gasteiger partial charge in [0.25, 0.3) is 0 Å². The second kappa shape index (κ2) is 10.7. The molecule has 1 aliphatic rings. The fourth-order valence-electron chi connectivity index (χ4n) is 3.98. The summed E-state index contributed by atoms with van der Waals surface area (Å²) in [5.74, 6) is -0.188. The minimum absolute atomic E-state index is 0.137. The number of nitrogens with two attached hydrogens (primary N) is 1. The Morgan fingerprint density at radius 1 is 1.30 bits per heavy atom. The molecule has 4 rings (SSSR count). The zero-order valence-corrected chi connectivity index (χ0v) is 21.4. The highest BCUT2D eigenvalue weighted by atomic mass is 31.2. The molecule has 5 N–H and O–H groups in total. The molecule has 14 heteroatoms. The SMILES string of the molecule is CCOC(=O)[C@H](C)NP(=O)(OC[C@@]1(C)O[C@@H](c2ccc3c(N)ncnn23)[C@H](O)[C@@H]1O)Oc1ccccc1. The summed E-state index contributed by atoms with van der Waals surface area (Å²) < 4.78 is 37.5. The van der Waals surface area contributed by atoms with E-state index >= 15 is 0 Å². The first-order valence-corrected chi connectivity index (χ1v) is 13.2. The van der Waals surface area contributed by atoms with Crippen LogP contribution in [0.15, 0.2) is 48.8 Å². The van der Waals surface area contributed by atoms with Crippen LogP contribution in [0.5, 0.6) is 5.75 Å². The summed E-state index contributed by atoms with van der Waals surface area (Å²) in [4.78, 5) is 16.1. The van der Waals surface area contributed by atoms with Gasteiger partial charge in [0.15, 0.2) is 5.82 Å². The zero-order chi connectivity index (χ0) is 26.8. The molecule has 3 heterocycles. The predicted molar refractivity (Wildman–Crippen MR) is 132 cm³/mol. The van der Waals surface area contributed by atoms with Crippen LogP contribution in [0.4, 0.5) is 5.82 Å². The van der Waals surface area contributed by atoms with E-state index in [1.54, 1.807) is 49.4 Å². The third-order valence-electron chi connectivity index (χ3n) is 5.94. The summed E-state index contributed by atoms with van der Waals surface area (Å²) in [6, 6.07) is 10.5. The maximum Gasteiger partial charge on any atom is 0.459 e. The fraction of sp³-hybridized carbons (Fsp3) is 0.435. The van der Waals surface area contributed by atoms with Crippen LogP contribution in [-0.2, 0) is 23.4 Å². The second-order valence-corrected chi connectivity index (χ2v) is 10.5. The number of aliphatic hydroxyl groups is 2. The molecule has 1 aliphatic heterocycles. The van der Waals surface area contributed by atoms with E-state index in [2.05, 4.69) is 15.2 Å². The lowest BCUT2D eigenvalue weighted by Crippen LogP contribution is -2.45. The molecule has 3 aromatic rings. The van der Waals surface area contributed by atoms with Crippen LogP contribution >= 0.6 is 7.75 Å². The molecule has 6 atom stereocenters. The van der Waals surface area contributed by atoms with E-state index in [0.717, 1.165) is 0 Å². The van der Waals surface area contributed by atoms with Crippen molar-refractivity contribution in [1.29, 1.82) is 0 Å². The van der Waals surface area contributed by atoms with Crippen molar-refractivity contribution < 1.29 is 38.1 Å². The number of nitrogens with one attached hydrogen (secondary N) is 1. The Balaban J connectivity index is 1.55. The van der Waals surface area contributed by atoms with Crippen molar-refractivity contribution in [3.8, 4) is 5.75 Å². The Bertz CT molecular complexity index is 1290. The van der Waals surface area contributed by atoms with Gasteiger partial charge in [-0.05, 0) is 45.0 Å². The number of benzene rings is 1. The first-order chi connectivity index (χ1) is 17.6. The van der Waals surface area contributed by atoms with E-state index < -0.39 is 50.3 Å². The van der Waals surface area contributed by atoms with Crippen molar-refractivity contribution in [2.75, 3.05) is 18.9 Å². The molecule has 1 unspecified atom stereocenters. The van der Waals surface area contributed by atoms with E-state index in [9.17, 15) is 19.6 Å². The number of aromatic nitrogens is 3. The second-order valence-electron chi connectivity index (χ2n) is 8.77. The summed E-state index contributed by atoms with van der Waals surface area (Å²) >= 11 is 0. The number of anilines is 1. The van der Waals surface area contributed by atoms with Gasteiger partial charge in [-0.25, -0.2) is 14.1 Å². The number of nitrogen functional groups attached to an aromatic ring is 1. The van der Waals surface area contributed by atoms with Crippen LogP contribution in [0, 0.1) is 0 Å². The number of fused-ring (bicyclic) bond motifs is 1. The average Bonchev–Trinajstić information content (AvgIpc) is 3.40. The molecule has 0 bridgehead atoms. The minimum Gasteiger partial charge on any atom is -0.465 e. The van der Waals surface area contributed by atoms with E-state index in [1.165, 1.54) is 24.7 Å². The monoisotopic (exact) mass is 535 g/mol. The Morgan fingerprint density at radius 2 is 2.03 bits per heavy atom. The van der Waals surface area contributed by atoms with Crippen molar-refractivity contribution in [3.05, 3.63) is 54.5 Å². The standard InChI is InChI=1S/C23H30N5O8P/c1-4-33-22(31)14(2)27-37(32,36-15-8-6-5-7-9-15)34-12-23(3)20(30)18(29)19(35-23)16-10-11-17-21(24)25-13-26-28(16)17/h5-11,13-14,18-20,29-30H,4,12H2,1-3H3,(H,27,32)(H2,24,25,26)/t14-,18-,19-,20-,23+,37?/m0/s1. The third kappa shape index (κ3) is 5.61. The van der Waals surface area contributed by atoms with E-state index in [-0.39, 0.29) is 18.2 Å². The first kappa shape index (κ1) is 27.0. The smallest absolute Gasteiger partial charge is 0.459 e. The number of carbonyl (C=O) groups is 1. The number of nitrogens with zero attached hydrogens (tertiary/aromatic N) is 3. The predicted octanol–water partition coefficient (Wildman–Crippen LogP) is 1.61. The summed E-state index contributed by atoms with van der Waals surface area (Å²) in [6.07, 6.45) is -2.56. The first-order valence-electron chi connectivity index (χ1n) is 11.6. The van der Waals surface area contributed by atoms with Gasteiger partial charge in [0.05, 0.1) is 18.9 Å². The topological polar surface area (TPSA) is 180 Å². The Labute approximate surface area is 213 Å². The molecule has 200 valence electrons. The Morgan fingerprint density at radius 3 is 2.73 bits per heavy atom. The molecule has 0 amide bonds. The van der Waals surface area contributed by atoms with Gasteiger partial charge in [0, 0.05) is 0 Å². The van der Waals surface area contributed by atoms with Crippen LogP contribution < -0.4 is 15.3 Å². The molecule has 1 fully saturated rings. The lowest BCUT2D eigenvalue weighted by molar-refractivity contribution is -0.144. The lowest BCUT2D eigenvalue weighted by atomic mass is 9.97. The van der Waals surface area contributed by atoms with Gasteiger partial charge in [-0.1, -0.05) is 18.2 Å². The lowest BCUT2D eigenvalue weighted by Gasteiger charge is -2.30. The summed E-state index contributed by atoms with van der Waals surface area (Å²) in [5, 5.41) is 28.5. The number of hydrogen-bond acceptors (Lipinski definition) is 11. The Kier molecular flexibility index (Phi) is 7.83. The third-order valence-corrected chi connectivity index (χ3v) is 7.56. The van der Waals surface area contributed by atoms with Gasteiger partial charge in [0.2, 0.25) is 0 Å². The van der Waals surface area contributed by atoms with Gasteiger partial charge in [0.1, 0.15) is 47.5 Å². The van der Waals surface area contributed by atoms with Crippen molar-refractivity contribution >= 4 is 25.1 Å². The maximum absolute atomic E-state index is 13.7. The van der Waals surface area contributed by atoms with Gasteiger partial charge in [-0.15, -0.1) is 0 Å². The molecule has 0 aliphatic carbocycles. The van der Waals surface area contributed by atoms with Crippen molar-refractivity contribution in [2.24, 2.45) is 0 Å². The highest BCUT2D eigenvalue weighted by Crippen LogP contribution is 2.48. The molecule has 1 aromatic carbocycles. The summed E-state index contributed by atoms with van der Waals surface area (Å²) in [5.41, 5.74) is 5.31. The number of ether oxygens (including phenoxy) is 2. The summed E-state index contributed by atoms with van der Waals surface area (Å²) in [7, 11) is -4.21. The number of rotatable bonds is 10. The maximum atomic E-state index is 13.7. The molecule has 13 nitrogen and oxygen atoms in total. The van der Waals surface area contributed by atoms with E-state index in [1.807, 2.05) is 0 Å². The molecular formula is C23H30N5O8P. The van der Waals surface area contributed by atoms with Gasteiger partial charge in [-0.3, -0.25) is 9.32 Å². The molecule has 2 aromatic heterocycles. The van der Waals surface area contributed by atoms with Crippen LogP contribution in [0.2, 0.25) is 0 Å². The fourth-order valence-corrected chi connectivity index (χ4v) is 5.57. The number of hydrogen-bond donors (Lipinski definition) is 4. The average molecular weight is 535 g/mol. The minimum atomic E-state index is -4.21. The van der Waals surface area contributed by atoms with Crippen molar-refractivity contribution in [3.63, 3.8) is 0 Å². The van der Waals surface area contributed by atoms with Crippen molar-refractivity contribution in [2.45, 2.75) is 50.7 Å². The number of para-hydroxylation sites is 1. The van der Waals surface area contributed by atoms with Gasteiger partial charge in [-0.2, -0.15) is 10.2 Å². The zero-order valence-electron chi connectivity index (χ0n) is 20.6. The quantitative estimate of drug-likeness (QED) is 0.218. The highest BCUT2D eigenvalue weighted by Gasteiger charge is 2.53. The Hall–Kier alpha value is -3.06. The largest absolute Gasteiger partial charge is 0.465 e. The van der Waals surface area contributed by atoms with Crippen LogP contribution in [0.3, 0.4) is 0 Å². The molecular weight excluding hydrogens is 505 g/mol. The summed E-state index contributed by atoms with van der Waals surface area (Å²) in [6.45, 7) is 4.28. The van der Waals surface area contributed by atoms with Crippen molar-refractivity contribution in [1.82, 2.24) is 19.7 Å². The van der Waals surface area contributed by atoms with Crippen LogP contribution in [0.25, 0.3) is 5.52 Å². The van der Waals surface area contributed by atoms with Crippen LogP contribution in [0.1, 0.15) is 32.6 Å². The number of carbonyl (C=O) groups excluding carboxylic acids is 1.